The average molecular weight is 540 g/mol. The number of hydrogen-bond donors (Lipinski definition) is 0. The smallest absolute Gasteiger partial charge is 0.410 e. The van der Waals surface area contributed by atoms with Crippen LogP contribution in [-0.4, -0.2) is 58.1 Å². The number of piperazine rings is 1. The van der Waals surface area contributed by atoms with Crippen LogP contribution in [0.5, 0.6) is 0 Å². The fraction of sp³-hybridized carbons (Fsp3) is 0.550. The maximum absolute atomic E-state index is 13.9. The highest BCUT2D eigenvalue weighted by molar-refractivity contribution is 9.09. The molecule has 2 heterocycles. The largest absolute Gasteiger partial charge is 0.444 e. The second-order valence-corrected chi connectivity index (χ2v) is 10.3. The molecular weight excluding hydrogens is 517 g/mol. The lowest BCUT2D eigenvalue weighted by molar-refractivity contribution is -0.182. The first-order valence-corrected chi connectivity index (χ1v) is 11.2. The summed E-state index contributed by atoms with van der Waals surface area (Å²) in [5, 5.41) is 1.52. The predicted molar refractivity (Wildman–Crippen MR) is 119 cm³/mol. The Morgan fingerprint density at radius 1 is 1.28 bits per heavy atom. The summed E-state index contributed by atoms with van der Waals surface area (Å²) < 4.78 is 48.1. The summed E-state index contributed by atoms with van der Waals surface area (Å²) in [6, 6.07) is 2.61. The van der Waals surface area contributed by atoms with E-state index in [9.17, 15) is 22.8 Å². The average Bonchev–Trinajstić information content (AvgIpc) is 2.65. The molecule has 7 nitrogen and oxygen atoms in total. The first kappa shape index (κ1) is 24.6. The summed E-state index contributed by atoms with van der Waals surface area (Å²) in [5.41, 5.74) is -1.17. The van der Waals surface area contributed by atoms with Crippen LogP contribution in [0.2, 0.25) is 5.02 Å². The minimum Gasteiger partial charge on any atom is -0.444 e. The zero-order valence-corrected chi connectivity index (χ0v) is 20.3. The summed E-state index contributed by atoms with van der Waals surface area (Å²) in [7, 11) is 0. The van der Waals surface area contributed by atoms with Gasteiger partial charge in [0.05, 0.1) is 33.8 Å². The van der Waals surface area contributed by atoms with Crippen molar-refractivity contribution in [2.45, 2.75) is 50.3 Å². The van der Waals surface area contributed by atoms with E-state index < -0.39 is 40.8 Å². The Labute approximate surface area is 196 Å². The quantitative estimate of drug-likeness (QED) is 0.521. The number of ether oxygens (including phenoxy) is 1. The normalized spacial score (nSPS) is 18.7. The standard InChI is InChI=1S/C20H23BrClF3N4O3/c1-11(21)16-26-13-7-5-6-12(22)15(13)17(30)29(16)27-8-9-28(14(10-27)20(23,24)25)18(31)32-19(2,3)4/h5-7,11,14H,8-10H2,1-4H3. The number of benzene rings is 1. The van der Waals surface area contributed by atoms with Crippen molar-refractivity contribution >= 4 is 44.5 Å². The van der Waals surface area contributed by atoms with Crippen molar-refractivity contribution in [2.24, 2.45) is 0 Å². The van der Waals surface area contributed by atoms with E-state index in [0.29, 0.717) is 10.4 Å². The number of amides is 1. The molecule has 2 aromatic rings. The third-order valence-electron chi connectivity index (χ3n) is 4.85. The Morgan fingerprint density at radius 3 is 2.50 bits per heavy atom. The molecule has 1 aromatic carbocycles. The summed E-state index contributed by atoms with van der Waals surface area (Å²) in [4.78, 5) is 30.5. The van der Waals surface area contributed by atoms with E-state index >= 15 is 0 Å². The third kappa shape index (κ3) is 4.98. The van der Waals surface area contributed by atoms with Crippen molar-refractivity contribution in [3.63, 3.8) is 0 Å². The van der Waals surface area contributed by atoms with Gasteiger partial charge < -0.3 is 9.75 Å². The van der Waals surface area contributed by atoms with Crippen molar-refractivity contribution in [1.82, 2.24) is 14.6 Å². The summed E-state index contributed by atoms with van der Waals surface area (Å²) in [6.07, 6.45) is -5.79. The summed E-state index contributed by atoms with van der Waals surface area (Å²) in [6.45, 7) is 5.48. The summed E-state index contributed by atoms with van der Waals surface area (Å²) >= 11 is 9.57. The van der Waals surface area contributed by atoms with Crippen LogP contribution in [0.15, 0.2) is 23.0 Å². The molecule has 2 atom stereocenters. The fourth-order valence-electron chi connectivity index (χ4n) is 3.50. The first-order valence-electron chi connectivity index (χ1n) is 9.87. The van der Waals surface area contributed by atoms with Crippen molar-refractivity contribution in [2.75, 3.05) is 24.6 Å². The van der Waals surface area contributed by atoms with E-state index in [1.54, 1.807) is 39.8 Å². The summed E-state index contributed by atoms with van der Waals surface area (Å²) in [5.74, 6) is 0.233. The van der Waals surface area contributed by atoms with Crippen molar-refractivity contribution in [3.8, 4) is 0 Å². The van der Waals surface area contributed by atoms with Gasteiger partial charge in [-0.1, -0.05) is 33.6 Å². The molecule has 0 aliphatic carbocycles. The van der Waals surface area contributed by atoms with Crippen LogP contribution in [0.3, 0.4) is 0 Å². The maximum Gasteiger partial charge on any atom is 0.410 e. The molecule has 0 radical (unpaired) electrons. The van der Waals surface area contributed by atoms with Crippen molar-refractivity contribution in [1.29, 1.82) is 0 Å². The molecule has 1 aliphatic heterocycles. The number of carbonyl (C=O) groups is 1. The van der Waals surface area contributed by atoms with Crippen LogP contribution < -0.4 is 10.6 Å². The van der Waals surface area contributed by atoms with Crippen LogP contribution in [0.1, 0.15) is 38.3 Å². The fourth-order valence-corrected chi connectivity index (χ4v) is 4.05. The molecule has 0 bridgehead atoms. The van der Waals surface area contributed by atoms with Gasteiger partial charge in [0.25, 0.3) is 5.56 Å². The van der Waals surface area contributed by atoms with E-state index in [4.69, 9.17) is 16.3 Å². The molecule has 1 saturated heterocycles. The maximum atomic E-state index is 13.9. The number of carbonyl (C=O) groups excluding carboxylic acids is 1. The van der Waals surface area contributed by atoms with Crippen LogP contribution in [0.4, 0.5) is 18.0 Å². The highest BCUT2D eigenvalue weighted by Crippen LogP contribution is 2.30. The third-order valence-corrected chi connectivity index (χ3v) is 5.58. The van der Waals surface area contributed by atoms with Crippen LogP contribution in [0.25, 0.3) is 10.9 Å². The van der Waals surface area contributed by atoms with Gasteiger partial charge in [-0.25, -0.2) is 14.5 Å². The Balaban J connectivity index is 2.07. The van der Waals surface area contributed by atoms with Crippen LogP contribution in [-0.2, 0) is 4.74 Å². The second kappa shape index (κ2) is 8.74. The second-order valence-electron chi connectivity index (χ2n) is 8.48. The van der Waals surface area contributed by atoms with Crippen molar-refractivity contribution in [3.05, 3.63) is 39.4 Å². The molecule has 176 valence electrons. The number of halogens is 5. The molecule has 1 aliphatic rings. The number of fused-ring (bicyclic) bond motifs is 1. The number of nitrogens with zero attached hydrogens (tertiary/aromatic N) is 4. The van der Waals surface area contributed by atoms with E-state index in [2.05, 4.69) is 20.9 Å². The van der Waals surface area contributed by atoms with Gasteiger partial charge >= 0.3 is 12.3 Å². The lowest BCUT2D eigenvalue weighted by Crippen LogP contribution is -2.65. The number of aromatic nitrogens is 2. The molecule has 1 amide bonds. The Hall–Kier alpha value is -2.01. The van der Waals surface area contributed by atoms with E-state index in [-0.39, 0.29) is 29.3 Å². The van der Waals surface area contributed by atoms with Crippen LogP contribution >= 0.6 is 27.5 Å². The number of alkyl halides is 4. The minimum atomic E-state index is -4.73. The van der Waals surface area contributed by atoms with Gasteiger partial charge in [-0.05, 0) is 39.8 Å². The topological polar surface area (TPSA) is 67.7 Å². The zero-order chi connectivity index (χ0) is 24.0. The van der Waals surface area contributed by atoms with E-state index in [0.717, 1.165) is 4.68 Å². The molecular formula is C20H23BrClF3N4O3. The van der Waals surface area contributed by atoms with Gasteiger partial charge in [0.1, 0.15) is 17.5 Å². The Morgan fingerprint density at radius 2 is 1.94 bits per heavy atom. The molecule has 0 saturated carbocycles. The Kier molecular flexibility index (Phi) is 6.72. The van der Waals surface area contributed by atoms with E-state index in [1.165, 1.54) is 11.1 Å². The van der Waals surface area contributed by atoms with Gasteiger partial charge in [-0.3, -0.25) is 9.69 Å². The molecule has 2 unspecified atom stereocenters. The molecule has 32 heavy (non-hydrogen) atoms. The highest BCUT2D eigenvalue weighted by Gasteiger charge is 2.50. The molecule has 12 heteroatoms. The zero-order valence-electron chi connectivity index (χ0n) is 17.9. The van der Waals surface area contributed by atoms with Gasteiger partial charge in [-0.2, -0.15) is 13.2 Å². The lowest BCUT2D eigenvalue weighted by Gasteiger charge is -2.43. The van der Waals surface area contributed by atoms with Gasteiger partial charge in [-0.15, -0.1) is 0 Å². The highest BCUT2D eigenvalue weighted by atomic mass is 79.9. The first-order chi connectivity index (χ1) is 14.7. The monoisotopic (exact) mass is 538 g/mol. The molecule has 0 spiro atoms. The molecule has 1 aromatic heterocycles. The van der Waals surface area contributed by atoms with Crippen molar-refractivity contribution < 1.29 is 22.7 Å². The molecule has 0 N–H and O–H groups in total. The SMILES string of the molecule is CC(Br)c1nc2cccc(Cl)c2c(=O)n1N1CCN(C(=O)OC(C)(C)C)C(C(F)(F)F)C1. The van der Waals surface area contributed by atoms with Gasteiger partial charge in [0.15, 0.2) is 0 Å². The molecule has 1 fully saturated rings. The molecule has 3 rings (SSSR count). The predicted octanol–water partition coefficient (Wildman–Crippen LogP) is 4.63. The Bertz CT molecular complexity index is 1080. The number of hydrogen-bond acceptors (Lipinski definition) is 5. The van der Waals surface area contributed by atoms with Gasteiger partial charge in [0.2, 0.25) is 0 Å². The van der Waals surface area contributed by atoms with Crippen LogP contribution in [0, 0.1) is 0 Å². The van der Waals surface area contributed by atoms with Gasteiger partial charge in [0, 0.05) is 6.54 Å². The minimum absolute atomic E-state index is 0.0317. The van der Waals surface area contributed by atoms with E-state index in [1.807, 2.05) is 0 Å². The lowest BCUT2D eigenvalue weighted by atomic mass is 10.1. The number of rotatable bonds is 2.